The lowest BCUT2D eigenvalue weighted by molar-refractivity contribution is 0.0991. The highest BCUT2D eigenvalue weighted by Gasteiger charge is 2.28. The molecule has 168 valence electrons. The Labute approximate surface area is 191 Å². The Morgan fingerprint density at radius 3 is 2.50 bits per heavy atom. The Balaban J connectivity index is 1.64. The van der Waals surface area contributed by atoms with Crippen molar-refractivity contribution in [1.29, 1.82) is 0 Å². The molecule has 1 aromatic heterocycles. The summed E-state index contributed by atoms with van der Waals surface area (Å²) in [6.07, 6.45) is 5.61. The fraction of sp³-hybridized carbons (Fsp3) is 0.370. The summed E-state index contributed by atoms with van der Waals surface area (Å²) in [4.78, 5) is 2.36. The highest BCUT2D eigenvalue weighted by atomic mass is 16.5. The van der Waals surface area contributed by atoms with Crippen LogP contribution in [-0.4, -0.2) is 39.0 Å². The molecule has 0 bridgehead atoms. The van der Waals surface area contributed by atoms with Gasteiger partial charge in [0.05, 0.1) is 23.0 Å². The van der Waals surface area contributed by atoms with E-state index in [2.05, 4.69) is 11.5 Å². The van der Waals surface area contributed by atoms with Crippen molar-refractivity contribution in [1.82, 2.24) is 14.7 Å². The molecule has 0 aliphatic heterocycles. The molecule has 1 saturated carbocycles. The lowest BCUT2D eigenvalue weighted by atomic mass is 10.1. The fourth-order valence-electron chi connectivity index (χ4n) is 3.96. The summed E-state index contributed by atoms with van der Waals surface area (Å²) in [6, 6.07) is 19.9. The number of allylic oxidation sites excluding steroid dienone is 1. The van der Waals surface area contributed by atoms with Crippen LogP contribution in [-0.2, 0) is 6.54 Å². The molecule has 3 aromatic rings. The largest absolute Gasteiger partial charge is 0.439 e. The number of aryl methyl sites for hydroxylation is 1. The fourth-order valence-corrected chi connectivity index (χ4v) is 3.96. The number of benzene rings is 2. The molecule has 1 N–H and O–H groups in total. The summed E-state index contributed by atoms with van der Waals surface area (Å²) < 4.78 is 8.30. The van der Waals surface area contributed by atoms with E-state index in [1.165, 1.54) is 12.8 Å². The first-order chi connectivity index (χ1) is 15.6. The molecule has 1 aliphatic carbocycles. The number of hydrogen-bond acceptors (Lipinski definition) is 4. The molecule has 1 heterocycles. The third-order valence-electron chi connectivity index (χ3n) is 5.86. The van der Waals surface area contributed by atoms with Crippen LogP contribution in [0.2, 0.25) is 0 Å². The van der Waals surface area contributed by atoms with E-state index < -0.39 is 0 Å². The first-order valence-corrected chi connectivity index (χ1v) is 11.5. The molecular weight excluding hydrogens is 398 g/mol. The molecule has 1 aliphatic rings. The molecule has 0 spiro atoms. The minimum absolute atomic E-state index is 0.366. The molecule has 5 nitrogen and oxygen atoms in total. The van der Waals surface area contributed by atoms with E-state index in [4.69, 9.17) is 9.84 Å². The van der Waals surface area contributed by atoms with Crippen LogP contribution < -0.4 is 4.74 Å². The number of aromatic nitrogens is 2. The summed E-state index contributed by atoms with van der Waals surface area (Å²) in [5.41, 5.74) is 2.97. The molecule has 0 amide bonds. The van der Waals surface area contributed by atoms with Crippen molar-refractivity contribution in [2.24, 2.45) is 5.92 Å². The van der Waals surface area contributed by atoms with Gasteiger partial charge in [-0.3, -0.25) is 4.90 Å². The summed E-state index contributed by atoms with van der Waals surface area (Å²) in [6.45, 7) is 8.15. The Morgan fingerprint density at radius 1 is 1.16 bits per heavy atom. The summed E-state index contributed by atoms with van der Waals surface area (Å²) in [5, 5.41) is 15.4. The second kappa shape index (κ2) is 10.6. The number of rotatable bonds is 12. The SMILES string of the molecule is C=CCC[C@H](O)CN(Cc1c(C)nn(-c2ccccc2)c1Oc1ccccc1)CC1CC1. The zero-order chi connectivity index (χ0) is 22.3. The predicted octanol–water partition coefficient (Wildman–Crippen LogP) is 5.51. The highest BCUT2D eigenvalue weighted by Crippen LogP contribution is 2.34. The van der Waals surface area contributed by atoms with E-state index in [-0.39, 0.29) is 6.10 Å². The summed E-state index contributed by atoms with van der Waals surface area (Å²) in [7, 11) is 0. The van der Waals surface area contributed by atoms with Gasteiger partial charge in [0.2, 0.25) is 5.88 Å². The van der Waals surface area contributed by atoms with Gasteiger partial charge in [-0.1, -0.05) is 42.5 Å². The van der Waals surface area contributed by atoms with Gasteiger partial charge in [0.1, 0.15) is 5.75 Å². The monoisotopic (exact) mass is 431 g/mol. The highest BCUT2D eigenvalue weighted by molar-refractivity contribution is 5.43. The second-order valence-corrected chi connectivity index (χ2v) is 8.69. The Bertz CT molecular complexity index is 997. The quantitative estimate of drug-likeness (QED) is 0.384. The topological polar surface area (TPSA) is 50.5 Å². The molecule has 4 rings (SSSR count). The average Bonchev–Trinajstić information content (AvgIpc) is 3.58. The van der Waals surface area contributed by atoms with Crippen molar-refractivity contribution < 1.29 is 9.84 Å². The summed E-state index contributed by atoms with van der Waals surface area (Å²) in [5.74, 6) is 2.25. The van der Waals surface area contributed by atoms with Crippen molar-refractivity contribution in [3.05, 3.63) is 84.6 Å². The van der Waals surface area contributed by atoms with E-state index in [9.17, 15) is 5.11 Å². The number of nitrogens with zero attached hydrogens (tertiary/aromatic N) is 3. The van der Waals surface area contributed by atoms with Gasteiger partial charge in [-0.2, -0.15) is 5.10 Å². The molecule has 0 saturated heterocycles. The van der Waals surface area contributed by atoms with Gasteiger partial charge in [0.25, 0.3) is 0 Å². The number of aliphatic hydroxyl groups is 1. The molecule has 1 fully saturated rings. The zero-order valence-electron chi connectivity index (χ0n) is 18.9. The maximum atomic E-state index is 10.6. The molecule has 0 radical (unpaired) electrons. The number of aliphatic hydroxyl groups excluding tert-OH is 1. The average molecular weight is 432 g/mol. The van der Waals surface area contributed by atoms with Crippen molar-refractivity contribution >= 4 is 0 Å². The van der Waals surface area contributed by atoms with Crippen molar-refractivity contribution in [3.63, 3.8) is 0 Å². The molecule has 1 atom stereocenters. The van der Waals surface area contributed by atoms with Gasteiger partial charge in [-0.05, 0) is 62.8 Å². The van der Waals surface area contributed by atoms with Crippen LogP contribution in [0.15, 0.2) is 73.3 Å². The van der Waals surface area contributed by atoms with Crippen LogP contribution in [0.5, 0.6) is 11.6 Å². The van der Waals surface area contributed by atoms with Crippen molar-refractivity contribution in [3.8, 4) is 17.3 Å². The minimum atomic E-state index is -0.366. The van der Waals surface area contributed by atoms with Gasteiger partial charge in [-0.15, -0.1) is 6.58 Å². The smallest absolute Gasteiger partial charge is 0.227 e. The lowest BCUT2D eigenvalue weighted by Gasteiger charge is -2.25. The maximum absolute atomic E-state index is 10.6. The van der Waals surface area contributed by atoms with Crippen LogP contribution in [0.4, 0.5) is 0 Å². The van der Waals surface area contributed by atoms with Crippen LogP contribution in [0.3, 0.4) is 0 Å². The first kappa shape index (κ1) is 22.3. The van der Waals surface area contributed by atoms with Crippen molar-refractivity contribution in [2.75, 3.05) is 13.1 Å². The normalized spacial score (nSPS) is 14.5. The van der Waals surface area contributed by atoms with Gasteiger partial charge in [-0.25, -0.2) is 4.68 Å². The lowest BCUT2D eigenvalue weighted by Crippen LogP contribution is -2.34. The molecular formula is C27H33N3O2. The maximum Gasteiger partial charge on any atom is 0.227 e. The molecule has 2 aromatic carbocycles. The zero-order valence-corrected chi connectivity index (χ0v) is 18.9. The van der Waals surface area contributed by atoms with E-state index in [1.54, 1.807) is 0 Å². The van der Waals surface area contributed by atoms with Crippen LogP contribution >= 0.6 is 0 Å². The van der Waals surface area contributed by atoms with Gasteiger partial charge < -0.3 is 9.84 Å². The van der Waals surface area contributed by atoms with Crippen molar-refractivity contribution in [2.45, 2.75) is 45.3 Å². The number of ether oxygens (including phenoxy) is 1. The minimum Gasteiger partial charge on any atom is -0.439 e. The molecule has 32 heavy (non-hydrogen) atoms. The van der Waals surface area contributed by atoms with E-state index in [0.29, 0.717) is 13.1 Å². The number of hydrogen-bond donors (Lipinski definition) is 1. The first-order valence-electron chi connectivity index (χ1n) is 11.5. The third kappa shape index (κ3) is 5.87. The Kier molecular flexibility index (Phi) is 7.40. The van der Waals surface area contributed by atoms with E-state index >= 15 is 0 Å². The Hall–Kier alpha value is -2.89. The van der Waals surface area contributed by atoms with Crippen LogP contribution in [0.25, 0.3) is 5.69 Å². The molecule has 5 heteroatoms. The van der Waals surface area contributed by atoms with Gasteiger partial charge in [0, 0.05) is 19.6 Å². The standard InChI is InChI=1S/C27H33N3O2/c1-3-4-13-24(31)19-29(18-22-16-17-22)20-26-21(2)28-30(23-11-7-5-8-12-23)27(26)32-25-14-9-6-10-15-25/h3,5-12,14-15,22,24,31H,1,4,13,16-20H2,2H3/t24-/m0/s1. The Morgan fingerprint density at radius 2 is 1.84 bits per heavy atom. The van der Waals surface area contributed by atoms with Crippen LogP contribution in [0, 0.1) is 12.8 Å². The second-order valence-electron chi connectivity index (χ2n) is 8.69. The summed E-state index contributed by atoms with van der Waals surface area (Å²) >= 11 is 0. The third-order valence-corrected chi connectivity index (χ3v) is 5.86. The van der Waals surface area contributed by atoms with Gasteiger partial charge >= 0.3 is 0 Å². The molecule has 0 unspecified atom stereocenters. The predicted molar refractivity (Wildman–Crippen MR) is 128 cm³/mol. The van der Waals surface area contributed by atoms with Crippen LogP contribution in [0.1, 0.15) is 36.9 Å². The number of para-hydroxylation sites is 2. The van der Waals surface area contributed by atoms with E-state index in [0.717, 1.165) is 53.9 Å². The van der Waals surface area contributed by atoms with E-state index in [1.807, 2.05) is 78.3 Å². The van der Waals surface area contributed by atoms with Gasteiger partial charge in [0.15, 0.2) is 0 Å².